The van der Waals surface area contributed by atoms with Crippen molar-refractivity contribution in [2.75, 3.05) is 4.90 Å². The van der Waals surface area contributed by atoms with Crippen molar-refractivity contribution in [3.05, 3.63) is 114 Å². The Kier molecular flexibility index (Phi) is 3.97. The van der Waals surface area contributed by atoms with Gasteiger partial charge in [-0.25, -0.2) is 0 Å². The average molecular weight is 482 g/mol. The fourth-order valence-electron chi connectivity index (χ4n) is 5.92. The van der Waals surface area contributed by atoms with Gasteiger partial charge >= 0.3 is 0 Å². The number of para-hydroxylation sites is 5. The smallest absolute Gasteiger partial charge is 0.194 e. The first-order valence-corrected chi connectivity index (χ1v) is 12.5. The van der Waals surface area contributed by atoms with Gasteiger partial charge in [-0.2, -0.15) is 0 Å². The lowest BCUT2D eigenvalue weighted by atomic mass is 9.82. The van der Waals surface area contributed by atoms with Crippen LogP contribution in [0.5, 0.6) is 34.5 Å². The van der Waals surface area contributed by atoms with Gasteiger partial charge in [0, 0.05) is 5.41 Å². The molecule has 5 aromatic rings. The third kappa shape index (κ3) is 2.78. The SMILES string of the molecule is CC1(C)c2ccccc2-c2cc3c(cc21)Oc1cccc(N2c4ccccc4Oc4ccccc42)c1O3. The van der Waals surface area contributed by atoms with Crippen LogP contribution in [-0.2, 0) is 5.41 Å². The molecule has 0 aromatic heterocycles. The molecule has 8 rings (SSSR count). The monoisotopic (exact) mass is 481 g/mol. The van der Waals surface area contributed by atoms with Gasteiger partial charge in [-0.3, -0.25) is 4.90 Å². The molecule has 0 N–H and O–H groups in total. The number of anilines is 3. The number of ether oxygens (including phenoxy) is 3. The zero-order valence-corrected chi connectivity index (χ0v) is 20.5. The van der Waals surface area contributed by atoms with E-state index in [-0.39, 0.29) is 5.41 Å². The van der Waals surface area contributed by atoms with Crippen molar-refractivity contribution < 1.29 is 14.2 Å². The van der Waals surface area contributed by atoms with E-state index in [9.17, 15) is 0 Å². The van der Waals surface area contributed by atoms with Gasteiger partial charge in [-0.05, 0) is 70.8 Å². The van der Waals surface area contributed by atoms with Gasteiger partial charge in [0.1, 0.15) is 0 Å². The fraction of sp³-hybridized carbons (Fsp3) is 0.0909. The Labute approximate surface area is 215 Å². The topological polar surface area (TPSA) is 30.9 Å². The van der Waals surface area contributed by atoms with Crippen molar-refractivity contribution in [1.29, 1.82) is 0 Å². The lowest BCUT2D eigenvalue weighted by Gasteiger charge is -2.34. The zero-order chi connectivity index (χ0) is 24.7. The maximum atomic E-state index is 6.69. The molecule has 0 unspecified atom stereocenters. The van der Waals surface area contributed by atoms with Crippen molar-refractivity contribution in [3.8, 4) is 45.6 Å². The summed E-state index contributed by atoms with van der Waals surface area (Å²) in [5.74, 6) is 4.44. The van der Waals surface area contributed by atoms with Gasteiger partial charge in [0.2, 0.25) is 0 Å². The van der Waals surface area contributed by atoms with Crippen LogP contribution in [0.4, 0.5) is 17.1 Å². The van der Waals surface area contributed by atoms with Crippen LogP contribution in [0.2, 0.25) is 0 Å². The molecule has 0 saturated carbocycles. The summed E-state index contributed by atoms with van der Waals surface area (Å²) in [6, 6.07) is 35.1. The molecule has 5 aromatic carbocycles. The molecule has 0 atom stereocenters. The lowest BCUT2D eigenvalue weighted by molar-refractivity contribution is 0.359. The largest absolute Gasteiger partial charge is 0.453 e. The maximum absolute atomic E-state index is 6.69. The predicted molar refractivity (Wildman–Crippen MR) is 145 cm³/mol. The number of fused-ring (bicyclic) bond motifs is 7. The van der Waals surface area contributed by atoms with Crippen LogP contribution in [0.15, 0.2) is 103 Å². The van der Waals surface area contributed by atoms with Crippen LogP contribution in [0.1, 0.15) is 25.0 Å². The summed E-state index contributed by atoms with van der Waals surface area (Å²) in [7, 11) is 0. The molecule has 3 aliphatic rings. The minimum atomic E-state index is -0.104. The van der Waals surface area contributed by atoms with E-state index in [1.807, 2.05) is 48.5 Å². The van der Waals surface area contributed by atoms with Gasteiger partial charge in [0.15, 0.2) is 34.5 Å². The summed E-state index contributed by atoms with van der Waals surface area (Å²) in [5, 5.41) is 0. The Balaban J connectivity index is 1.30. The molecule has 0 fully saturated rings. The number of hydrogen-bond acceptors (Lipinski definition) is 4. The summed E-state index contributed by atoms with van der Waals surface area (Å²) < 4.78 is 19.4. The van der Waals surface area contributed by atoms with Gasteiger partial charge in [0.05, 0.1) is 17.1 Å². The Bertz CT molecular complexity index is 1710. The molecule has 1 aliphatic carbocycles. The van der Waals surface area contributed by atoms with Crippen molar-refractivity contribution in [1.82, 2.24) is 0 Å². The van der Waals surface area contributed by atoms with Crippen molar-refractivity contribution in [3.63, 3.8) is 0 Å². The molecule has 0 spiro atoms. The van der Waals surface area contributed by atoms with E-state index in [2.05, 4.69) is 73.3 Å². The minimum absolute atomic E-state index is 0.104. The van der Waals surface area contributed by atoms with Crippen LogP contribution < -0.4 is 19.1 Å². The van der Waals surface area contributed by atoms with Crippen molar-refractivity contribution >= 4 is 17.1 Å². The third-order valence-electron chi connectivity index (χ3n) is 7.71. The fourth-order valence-corrected chi connectivity index (χ4v) is 5.92. The summed E-state index contributed by atoms with van der Waals surface area (Å²) in [6.45, 7) is 4.54. The average Bonchev–Trinajstić information content (AvgIpc) is 3.15. The normalized spacial score (nSPS) is 15.0. The molecular formula is C33H23NO3. The Morgan fingerprint density at radius 3 is 1.86 bits per heavy atom. The molecule has 2 aliphatic heterocycles. The molecule has 4 heteroatoms. The highest BCUT2D eigenvalue weighted by Gasteiger charge is 2.38. The molecule has 4 nitrogen and oxygen atoms in total. The van der Waals surface area contributed by atoms with Gasteiger partial charge in [0.25, 0.3) is 0 Å². The highest BCUT2D eigenvalue weighted by Crippen LogP contribution is 2.59. The van der Waals surface area contributed by atoms with E-state index < -0.39 is 0 Å². The van der Waals surface area contributed by atoms with Gasteiger partial charge < -0.3 is 14.2 Å². The van der Waals surface area contributed by atoms with E-state index in [0.717, 1.165) is 40.1 Å². The highest BCUT2D eigenvalue weighted by atomic mass is 16.6. The highest BCUT2D eigenvalue weighted by molar-refractivity contribution is 5.90. The number of nitrogens with zero attached hydrogens (tertiary/aromatic N) is 1. The second-order valence-electron chi connectivity index (χ2n) is 10.2. The first-order chi connectivity index (χ1) is 18.1. The number of rotatable bonds is 1. The molecular weight excluding hydrogens is 458 g/mol. The van der Waals surface area contributed by atoms with E-state index in [4.69, 9.17) is 14.2 Å². The molecule has 178 valence electrons. The van der Waals surface area contributed by atoms with E-state index in [1.165, 1.54) is 22.3 Å². The second-order valence-corrected chi connectivity index (χ2v) is 10.2. The molecule has 0 radical (unpaired) electrons. The Hall–Kier alpha value is -4.70. The Morgan fingerprint density at radius 2 is 1.08 bits per heavy atom. The summed E-state index contributed by atoms with van der Waals surface area (Å²) >= 11 is 0. The number of benzene rings is 5. The van der Waals surface area contributed by atoms with Crippen molar-refractivity contribution in [2.24, 2.45) is 0 Å². The molecule has 37 heavy (non-hydrogen) atoms. The van der Waals surface area contributed by atoms with E-state index in [1.54, 1.807) is 0 Å². The van der Waals surface area contributed by atoms with E-state index in [0.29, 0.717) is 11.5 Å². The quantitative estimate of drug-likeness (QED) is 0.234. The van der Waals surface area contributed by atoms with Crippen LogP contribution in [0.3, 0.4) is 0 Å². The van der Waals surface area contributed by atoms with Crippen LogP contribution in [0, 0.1) is 0 Å². The number of hydrogen-bond donors (Lipinski definition) is 0. The van der Waals surface area contributed by atoms with Crippen LogP contribution >= 0.6 is 0 Å². The summed E-state index contributed by atoms with van der Waals surface area (Å²) in [6.07, 6.45) is 0. The summed E-state index contributed by atoms with van der Waals surface area (Å²) in [5.41, 5.74) is 7.73. The standard InChI is InChI=1S/C33H23NO3/c1-33(2)22-11-4-3-10-20(22)21-18-30-31(19-23(21)33)36-29-17-9-14-26(32(29)37-30)34-24-12-5-7-15-27(24)35-28-16-8-6-13-25(28)34/h3-19H,1-2H3. The minimum Gasteiger partial charge on any atom is -0.453 e. The third-order valence-corrected chi connectivity index (χ3v) is 7.71. The first-order valence-electron chi connectivity index (χ1n) is 12.5. The van der Waals surface area contributed by atoms with Crippen LogP contribution in [0.25, 0.3) is 11.1 Å². The summed E-state index contributed by atoms with van der Waals surface area (Å²) in [4.78, 5) is 2.19. The predicted octanol–water partition coefficient (Wildman–Crippen LogP) is 9.47. The molecule has 0 bridgehead atoms. The van der Waals surface area contributed by atoms with Gasteiger partial charge in [-0.15, -0.1) is 0 Å². The lowest BCUT2D eigenvalue weighted by Crippen LogP contribution is -2.17. The van der Waals surface area contributed by atoms with E-state index >= 15 is 0 Å². The van der Waals surface area contributed by atoms with Crippen molar-refractivity contribution in [2.45, 2.75) is 19.3 Å². The molecule has 2 heterocycles. The Morgan fingerprint density at radius 1 is 0.486 bits per heavy atom. The first kappa shape index (κ1) is 20.5. The van der Waals surface area contributed by atoms with Gasteiger partial charge in [-0.1, -0.05) is 68.4 Å². The molecule has 0 amide bonds. The maximum Gasteiger partial charge on any atom is 0.194 e. The second kappa shape index (κ2) is 7.17. The molecule has 0 saturated heterocycles. The zero-order valence-electron chi connectivity index (χ0n) is 20.5. The van der Waals surface area contributed by atoms with Crippen LogP contribution in [-0.4, -0.2) is 0 Å².